The number of carbonyl (C=O) groups is 2. The summed E-state index contributed by atoms with van der Waals surface area (Å²) < 4.78 is 12.6. The zero-order valence-corrected chi connectivity index (χ0v) is 20.1. The van der Waals surface area contributed by atoms with Gasteiger partial charge >= 0.3 is 0 Å². The summed E-state index contributed by atoms with van der Waals surface area (Å²) in [5.41, 5.74) is 3.24. The number of hydrogen-bond donors (Lipinski definition) is 0. The third-order valence-electron chi connectivity index (χ3n) is 6.03. The van der Waals surface area contributed by atoms with E-state index in [9.17, 15) is 9.59 Å². The van der Waals surface area contributed by atoms with Crippen LogP contribution in [-0.2, 0) is 17.8 Å². The molecular weight excluding hydrogens is 507 g/mol. The van der Waals surface area contributed by atoms with E-state index in [2.05, 4.69) is 22.6 Å². The molecule has 0 radical (unpaired) electrons. The van der Waals surface area contributed by atoms with Crippen LogP contribution in [0.3, 0.4) is 0 Å². The highest BCUT2D eigenvalue weighted by molar-refractivity contribution is 14.1. The smallest absolute Gasteiger partial charge is 0.257 e. The molecule has 7 heteroatoms. The second kappa shape index (κ2) is 9.46. The minimum absolute atomic E-state index is 0.0836. The van der Waals surface area contributed by atoms with Gasteiger partial charge in [-0.2, -0.15) is 0 Å². The SMILES string of the molecule is COc1cc2c(cc1OCCCCCI)N(C)C(=O)[C@@H]1Cc3ccccc3CN1C2=O. The van der Waals surface area contributed by atoms with E-state index >= 15 is 0 Å². The number of anilines is 1. The van der Waals surface area contributed by atoms with E-state index in [1.54, 1.807) is 36.1 Å². The number of halogens is 1. The Morgan fingerprint density at radius 1 is 1.06 bits per heavy atom. The Bertz CT molecular complexity index is 994. The number of hydrogen-bond acceptors (Lipinski definition) is 4. The predicted molar refractivity (Wildman–Crippen MR) is 128 cm³/mol. The number of methoxy groups -OCH3 is 1. The van der Waals surface area contributed by atoms with Crippen LogP contribution in [0, 0.1) is 0 Å². The lowest BCUT2D eigenvalue weighted by molar-refractivity contribution is -0.123. The lowest BCUT2D eigenvalue weighted by Gasteiger charge is -2.35. The van der Waals surface area contributed by atoms with Gasteiger partial charge in [0, 0.05) is 26.1 Å². The topological polar surface area (TPSA) is 59.1 Å². The van der Waals surface area contributed by atoms with Crippen LogP contribution in [0.25, 0.3) is 0 Å². The summed E-state index contributed by atoms with van der Waals surface area (Å²) in [6, 6.07) is 11.0. The van der Waals surface area contributed by atoms with Gasteiger partial charge in [0.15, 0.2) is 11.5 Å². The van der Waals surface area contributed by atoms with Gasteiger partial charge in [-0.05, 0) is 40.9 Å². The van der Waals surface area contributed by atoms with Gasteiger partial charge in [0.25, 0.3) is 5.91 Å². The molecule has 6 nitrogen and oxygen atoms in total. The van der Waals surface area contributed by atoms with Gasteiger partial charge in [0.1, 0.15) is 6.04 Å². The van der Waals surface area contributed by atoms with Gasteiger partial charge < -0.3 is 19.3 Å². The largest absolute Gasteiger partial charge is 0.493 e. The first-order valence-electron chi connectivity index (χ1n) is 10.6. The van der Waals surface area contributed by atoms with Crippen LogP contribution in [-0.4, -0.2) is 47.9 Å². The van der Waals surface area contributed by atoms with Crippen molar-refractivity contribution in [3.8, 4) is 11.5 Å². The number of rotatable bonds is 7. The monoisotopic (exact) mass is 534 g/mol. The average Bonchev–Trinajstić information content (AvgIpc) is 2.87. The maximum absolute atomic E-state index is 13.5. The number of fused-ring (bicyclic) bond motifs is 3. The molecule has 31 heavy (non-hydrogen) atoms. The van der Waals surface area contributed by atoms with Gasteiger partial charge in [-0.1, -0.05) is 46.9 Å². The van der Waals surface area contributed by atoms with E-state index in [1.165, 1.54) is 0 Å². The van der Waals surface area contributed by atoms with Gasteiger partial charge in [-0.15, -0.1) is 0 Å². The molecule has 2 aromatic carbocycles. The van der Waals surface area contributed by atoms with Crippen LogP contribution < -0.4 is 14.4 Å². The van der Waals surface area contributed by atoms with E-state index in [-0.39, 0.29) is 11.8 Å². The fourth-order valence-corrected chi connectivity index (χ4v) is 4.82. The zero-order valence-electron chi connectivity index (χ0n) is 17.9. The quantitative estimate of drug-likeness (QED) is 0.303. The van der Waals surface area contributed by atoms with Crippen LogP contribution >= 0.6 is 22.6 Å². The molecule has 2 aliphatic heterocycles. The summed E-state index contributed by atoms with van der Waals surface area (Å²) >= 11 is 2.38. The Hall–Kier alpha value is -2.29. The third-order valence-corrected chi connectivity index (χ3v) is 6.80. The molecule has 0 N–H and O–H groups in total. The molecule has 2 aliphatic rings. The van der Waals surface area contributed by atoms with E-state index < -0.39 is 6.04 Å². The van der Waals surface area contributed by atoms with Crippen molar-refractivity contribution in [3.63, 3.8) is 0 Å². The fourth-order valence-electron chi connectivity index (χ4n) is 4.28. The molecular formula is C24H27IN2O4. The van der Waals surface area contributed by atoms with Crippen LogP contribution in [0.2, 0.25) is 0 Å². The number of ether oxygens (including phenoxy) is 2. The van der Waals surface area contributed by atoms with Crippen LogP contribution in [0.5, 0.6) is 11.5 Å². The fraction of sp³-hybridized carbons (Fsp3) is 0.417. The van der Waals surface area contributed by atoms with Crippen molar-refractivity contribution in [3.05, 3.63) is 53.1 Å². The van der Waals surface area contributed by atoms with Crippen molar-refractivity contribution in [2.75, 3.05) is 30.1 Å². The highest BCUT2D eigenvalue weighted by Crippen LogP contribution is 2.39. The number of unbranched alkanes of at least 4 members (excludes halogenated alkanes) is 2. The minimum atomic E-state index is -0.511. The first-order chi connectivity index (χ1) is 15.0. The van der Waals surface area contributed by atoms with Crippen molar-refractivity contribution in [1.29, 1.82) is 0 Å². The Morgan fingerprint density at radius 2 is 1.84 bits per heavy atom. The summed E-state index contributed by atoms with van der Waals surface area (Å²) in [4.78, 5) is 30.2. The summed E-state index contributed by atoms with van der Waals surface area (Å²) in [5, 5.41) is 0. The van der Waals surface area contributed by atoms with Crippen LogP contribution in [0.1, 0.15) is 40.7 Å². The first kappa shape index (κ1) is 21.9. The predicted octanol–water partition coefficient (Wildman–Crippen LogP) is 4.22. The molecule has 2 amide bonds. The Labute approximate surface area is 196 Å². The molecule has 2 aromatic rings. The molecule has 0 spiro atoms. The number of nitrogens with zero attached hydrogens (tertiary/aromatic N) is 2. The molecule has 0 aliphatic carbocycles. The third kappa shape index (κ3) is 4.24. The normalized spacial score (nSPS) is 17.6. The van der Waals surface area contributed by atoms with Crippen molar-refractivity contribution in [2.24, 2.45) is 0 Å². The standard InChI is InChI=1S/C24H27IN2O4/c1-26-19-14-22(31-11-7-3-6-10-25)21(30-2)13-18(19)23(28)27-15-17-9-5-4-8-16(17)12-20(27)24(26)29/h4-5,8-9,13-14,20H,3,6-7,10-12,15H2,1-2H3/t20-/m0/s1. The van der Waals surface area contributed by atoms with Crippen molar-refractivity contribution >= 4 is 40.1 Å². The van der Waals surface area contributed by atoms with E-state index in [4.69, 9.17) is 9.47 Å². The molecule has 0 bridgehead atoms. The Morgan fingerprint density at radius 3 is 2.58 bits per heavy atom. The summed E-state index contributed by atoms with van der Waals surface area (Å²) in [5.74, 6) is 0.836. The molecule has 0 saturated heterocycles. The van der Waals surface area contributed by atoms with Gasteiger partial charge in [0.2, 0.25) is 5.91 Å². The molecule has 164 valence electrons. The van der Waals surface area contributed by atoms with Gasteiger partial charge in [-0.3, -0.25) is 9.59 Å². The molecule has 0 fully saturated rings. The second-order valence-corrected chi connectivity index (χ2v) is 9.02. The van der Waals surface area contributed by atoms with Crippen LogP contribution in [0.4, 0.5) is 5.69 Å². The number of likely N-dealkylation sites (N-methyl/N-ethyl adjacent to an activating group) is 1. The molecule has 4 rings (SSSR count). The van der Waals surface area contributed by atoms with Crippen LogP contribution in [0.15, 0.2) is 36.4 Å². The molecule has 1 atom stereocenters. The summed E-state index contributed by atoms with van der Waals surface area (Å²) in [6.07, 6.45) is 3.74. The average molecular weight is 534 g/mol. The summed E-state index contributed by atoms with van der Waals surface area (Å²) in [6.45, 7) is 0.998. The molecule has 0 saturated carbocycles. The number of alkyl halides is 1. The number of amides is 2. The molecule has 2 heterocycles. The van der Waals surface area contributed by atoms with Crippen molar-refractivity contribution in [2.45, 2.75) is 38.3 Å². The molecule has 0 aromatic heterocycles. The second-order valence-electron chi connectivity index (χ2n) is 7.94. The van der Waals surface area contributed by atoms with E-state index in [0.717, 1.165) is 34.8 Å². The first-order valence-corrected chi connectivity index (χ1v) is 12.1. The minimum Gasteiger partial charge on any atom is -0.493 e. The van der Waals surface area contributed by atoms with E-state index in [0.29, 0.717) is 42.3 Å². The zero-order chi connectivity index (χ0) is 22.0. The maximum Gasteiger partial charge on any atom is 0.257 e. The maximum atomic E-state index is 13.5. The highest BCUT2D eigenvalue weighted by Gasteiger charge is 2.41. The Balaban J connectivity index is 1.67. The van der Waals surface area contributed by atoms with Crippen molar-refractivity contribution in [1.82, 2.24) is 4.90 Å². The molecule has 0 unspecified atom stereocenters. The van der Waals surface area contributed by atoms with Gasteiger partial charge in [0.05, 0.1) is 25.0 Å². The lowest BCUT2D eigenvalue weighted by atomic mass is 9.93. The number of carbonyl (C=O) groups excluding carboxylic acids is 2. The van der Waals surface area contributed by atoms with Gasteiger partial charge in [-0.25, -0.2) is 0 Å². The van der Waals surface area contributed by atoms with Crippen molar-refractivity contribution < 1.29 is 19.1 Å². The van der Waals surface area contributed by atoms with E-state index in [1.807, 2.05) is 24.3 Å². The highest BCUT2D eigenvalue weighted by atomic mass is 127. The lowest BCUT2D eigenvalue weighted by Crippen LogP contribution is -2.50. The summed E-state index contributed by atoms with van der Waals surface area (Å²) in [7, 11) is 3.30. The Kier molecular flexibility index (Phi) is 6.69. The number of benzene rings is 2.